The van der Waals surface area contributed by atoms with Gasteiger partial charge in [0.2, 0.25) is 11.8 Å². The van der Waals surface area contributed by atoms with Crippen LogP contribution >= 0.6 is 35.1 Å². The number of carbonyl (C=O) groups excluding carboxylic acids is 4. The summed E-state index contributed by atoms with van der Waals surface area (Å²) in [6, 6.07) is 2.53. The highest BCUT2D eigenvalue weighted by Crippen LogP contribution is 2.49. The van der Waals surface area contributed by atoms with Gasteiger partial charge in [0.05, 0.1) is 51.7 Å². The van der Waals surface area contributed by atoms with Gasteiger partial charge in [0, 0.05) is 63.0 Å². The summed E-state index contributed by atoms with van der Waals surface area (Å²) in [4.78, 5) is 67.7. The number of esters is 1. The van der Waals surface area contributed by atoms with E-state index in [0.717, 1.165) is 11.1 Å². The quantitative estimate of drug-likeness (QED) is 0.0826. The number of carboxylic acid groups (broad SMARTS) is 1. The maximum Gasteiger partial charge on any atom is 0.409 e. The average Bonchev–Trinajstić information content (AvgIpc) is 3.96. The SMILES string of the molecule is COc1cc2cc(c1Cl)N(C)C(=O)C[C@H](OC(=O)[C@H](C)N(C)C(=O)CCSCCOCCOCCSCC(O)C(=O)O)[C@]1(C)O[C@H]1[C@H](C)[C@@H]1C[C@@](O)(NC(=O)O1)[C@H](OC)/C=C/C=C(\C)C2. The van der Waals surface area contributed by atoms with Crippen molar-refractivity contribution in [1.82, 2.24) is 10.2 Å². The highest BCUT2D eigenvalue weighted by atomic mass is 35.5. The van der Waals surface area contributed by atoms with Crippen molar-refractivity contribution in [2.24, 2.45) is 5.92 Å². The Labute approximate surface area is 394 Å². The maximum atomic E-state index is 14.3. The Hall–Kier alpha value is -3.60. The van der Waals surface area contributed by atoms with E-state index in [1.165, 1.54) is 54.6 Å². The summed E-state index contributed by atoms with van der Waals surface area (Å²) >= 11 is 9.59. The lowest BCUT2D eigenvalue weighted by atomic mass is 9.83. The van der Waals surface area contributed by atoms with Crippen molar-refractivity contribution in [2.75, 3.05) is 82.7 Å². The molecule has 1 aromatic rings. The van der Waals surface area contributed by atoms with Crippen molar-refractivity contribution < 1.29 is 72.5 Å². The first-order valence-corrected chi connectivity index (χ1v) is 24.0. The normalized spacial score (nSPS) is 28.1. The topological polar surface area (TPSA) is 232 Å². The van der Waals surface area contributed by atoms with Crippen LogP contribution < -0.4 is 15.0 Å². The number of thioether (sulfide) groups is 2. The third-order valence-electron chi connectivity index (χ3n) is 11.7. The minimum Gasteiger partial charge on any atom is -0.495 e. The van der Waals surface area contributed by atoms with Crippen molar-refractivity contribution in [3.05, 3.63) is 46.5 Å². The number of halogens is 1. The van der Waals surface area contributed by atoms with Crippen molar-refractivity contribution in [1.29, 1.82) is 0 Å². The van der Waals surface area contributed by atoms with Crippen LogP contribution in [0.4, 0.5) is 10.5 Å². The van der Waals surface area contributed by atoms with Gasteiger partial charge in [-0.2, -0.15) is 23.5 Å². The number of benzene rings is 1. The highest BCUT2D eigenvalue weighted by Gasteiger charge is 2.64. The molecule has 18 nitrogen and oxygen atoms in total. The molecule has 3 heterocycles. The van der Waals surface area contributed by atoms with Gasteiger partial charge >= 0.3 is 18.0 Å². The summed E-state index contributed by atoms with van der Waals surface area (Å²) in [6.45, 7) is 8.51. The zero-order chi connectivity index (χ0) is 48.1. The Morgan fingerprint density at radius 2 is 1.77 bits per heavy atom. The van der Waals surface area contributed by atoms with Crippen LogP contribution in [-0.4, -0.2) is 176 Å². The molecule has 0 aliphatic carbocycles. The average molecular weight is 975 g/mol. The predicted molar refractivity (Wildman–Crippen MR) is 246 cm³/mol. The van der Waals surface area contributed by atoms with Crippen LogP contribution in [0.15, 0.2) is 35.9 Å². The number of allylic oxidation sites excluding steroid dienone is 3. The Balaban J connectivity index is 1.43. The van der Waals surface area contributed by atoms with Crippen molar-refractivity contribution in [3.8, 4) is 5.75 Å². The second-order valence-electron chi connectivity index (χ2n) is 16.4. The number of amides is 3. The van der Waals surface area contributed by atoms with E-state index in [1.807, 2.05) is 13.0 Å². The van der Waals surface area contributed by atoms with E-state index in [2.05, 4.69) is 5.32 Å². The van der Waals surface area contributed by atoms with E-state index in [-0.39, 0.29) is 35.9 Å². The Kier molecular flexibility index (Phi) is 20.7. The number of anilines is 1. The van der Waals surface area contributed by atoms with Crippen LogP contribution in [0.5, 0.6) is 5.75 Å². The number of nitrogens with one attached hydrogen (secondary N) is 1. The zero-order valence-corrected chi connectivity index (χ0v) is 40.6. The van der Waals surface area contributed by atoms with Crippen LogP contribution in [0.2, 0.25) is 5.02 Å². The maximum absolute atomic E-state index is 14.3. The number of carboxylic acids is 1. The highest BCUT2D eigenvalue weighted by molar-refractivity contribution is 7.99. The molecule has 4 N–H and O–H groups in total. The van der Waals surface area contributed by atoms with Gasteiger partial charge in [-0.05, 0) is 44.9 Å². The van der Waals surface area contributed by atoms with Gasteiger partial charge < -0.3 is 58.3 Å². The van der Waals surface area contributed by atoms with Gasteiger partial charge in [-0.1, -0.05) is 42.3 Å². The molecule has 3 amide bonds. The zero-order valence-electron chi connectivity index (χ0n) is 38.2. The minimum atomic E-state index is -1.85. The number of likely N-dealkylation sites (N-methyl/N-ethyl adjacent to an activating group) is 1. The Bertz CT molecular complexity index is 1890. The number of fused-ring (bicyclic) bond motifs is 5. The standard InChI is InChI=1S/C44H64ClN3O15S2/c1-26-10-9-11-34(58-8)44(56)24-33(61-42(55)46-44)27(2)39-43(4,63-39)35(23-37(51)48(6)30-21-29(20-26)22-32(57-7)38(30)45)62-41(54)28(3)47(5)36(50)12-17-64-18-15-59-13-14-60-16-19-65-25-31(49)40(52)53/h9-11,21-22,27-28,31,33-35,39,49,56H,12-20,23-25H2,1-8H3,(H,46,55)(H,52,53)/b11-9+,26-10+/t27-,28+,31?,33+,34-,35+,39+,43+,44+/m1/s1. The predicted octanol–water partition coefficient (Wildman–Crippen LogP) is 3.85. The van der Waals surface area contributed by atoms with Crippen LogP contribution in [0.3, 0.4) is 0 Å². The molecule has 0 spiro atoms. The van der Waals surface area contributed by atoms with E-state index in [0.29, 0.717) is 61.5 Å². The molecule has 9 atom stereocenters. The number of ether oxygens (including phenoxy) is 7. The summed E-state index contributed by atoms with van der Waals surface area (Å²) in [5.74, 6) is -1.23. The number of alkyl carbamates (subject to hydrolysis) is 1. The van der Waals surface area contributed by atoms with E-state index < -0.39 is 77.7 Å². The molecule has 4 bridgehead atoms. The third-order valence-corrected chi connectivity index (χ3v) is 14.0. The minimum absolute atomic E-state index is 0.0747. The second kappa shape index (κ2) is 25.0. The van der Waals surface area contributed by atoms with Crippen molar-refractivity contribution >= 4 is 70.7 Å². The Morgan fingerprint density at radius 1 is 1.09 bits per heavy atom. The van der Waals surface area contributed by atoms with Crippen LogP contribution in [-0.2, 0) is 54.0 Å². The molecule has 4 rings (SSSR count). The third kappa shape index (κ3) is 14.9. The van der Waals surface area contributed by atoms with E-state index in [1.54, 1.807) is 52.1 Å². The molecule has 0 radical (unpaired) electrons. The van der Waals surface area contributed by atoms with E-state index in [4.69, 9.17) is 49.9 Å². The van der Waals surface area contributed by atoms with E-state index >= 15 is 0 Å². The van der Waals surface area contributed by atoms with Crippen molar-refractivity contribution in [3.63, 3.8) is 0 Å². The smallest absolute Gasteiger partial charge is 0.409 e. The van der Waals surface area contributed by atoms with Crippen molar-refractivity contribution in [2.45, 2.75) is 101 Å². The molecule has 1 aromatic carbocycles. The van der Waals surface area contributed by atoms with E-state index in [9.17, 15) is 34.2 Å². The molecule has 21 heteroatoms. The van der Waals surface area contributed by atoms with Gasteiger partial charge in [0.15, 0.2) is 11.8 Å². The van der Waals surface area contributed by atoms with Crippen LogP contribution in [0, 0.1) is 5.92 Å². The lowest BCUT2D eigenvalue weighted by molar-refractivity contribution is -0.162. The number of epoxide rings is 1. The molecule has 3 aliphatic rings. The second-order valence-corrected chi connectivity index (χ2v) is 19.2. The fourth-order valence-electron chi connectivity index (χ4n) is 7.48. The summed E-state index contributed by atoms with van der Waals surface area (Å²) in [5, 5.41) is 32.5. The Morgan fingerprint density at radius 3 is 2.42 bits per heavy atom. The first-order chi connectivity index (χ1) is 30.8. The van der Waals surface area contributed by atoms with Gasteiger partial charge in [-0.25, -0.2) is 14.4 Å². The van der Waals surface area contributed by atoms with Gasteiger partial charge in [-0.3, -0.25) is 14.9 Å². The molecule has 1 unspecified atom stereocenters. The molecular formula is C44H64ClN3O15S2. The molecule has 0 aromatic heterocycles. The summed E-state index contributed by atoms with van der Waals surface area (Å²) in [7, 11) is 5.97. The number of aliphatic hydroxyl groups is 2. The van der Waals surface area contributed by atoms with Crippen LogP contribution in [0.1, 0.15) is 52.5 Å². The number of methoxy groups -OCH3 is 2. The summed E-state index contributed by atoms with van der Waals surface area (Å²) in [5.41, 5.74) is -1.04. The molecule has 3 aliphatic heterocycles. The first kappa shape index (κ1) is 54.0. The number of nitrogens with zero attached hydrogens (tertiary/aromatic N) is 2. The summed E-state index contributed by atoms with van der Waals surface area (Å²) < 4.78 is 40.4. The van der Waals surface area contributed by atoms with Gasteiger partial charge in [0.25, 0.3) is 0 Å². The molecular weight excluding hydrogens is 910 g/mol. The molecule has 364 valence electrons. The molecule has 0 saturated carbocycles. The lowest BCUT2D eigenvalue weighted by Crippen LogP contribution is -2.63. The fourth-order valence-corrected chi connectivity index (χ4v) is 9.32. The number of hydrogen-bond acceptors (Lipinski definition) is 16. The monoisotopic (exact) mass is 973 g/mol. The fraction of sp³-hybridized carbons (Fsp3) is 0.659. The first-order valence-electron chi connectivity index (χ1n) is 21.3. The van der Waals surface area contributed by atoms with Crippen LogP contribution in [0.25, 0.3) is 0 Å². The number of aliphatic carboxylic acids is 1. The lowest BCUT2D eigenvalue weighted by Gasteiger charge is -2.42. The largest absolute Gasteiger partial charge is 0.495 e. The molecule has 2 saturated heterocycles. The molecule has 2 fully saturated rings. The summed E-state index contributed by atoms with van der Waals surface area (Å²) in [6.07, 6.45) is -0.572. The van der Waals surface area contributed by atoms with Gasteiger partial charge in [-0.15, -0.1) is 0 Å². The number of hydrogen-bond donors (Lipinski definition) is 4. The molecule has 65 heavy (non-hydrogen) atoms. The number of carbonyl (C=O) groups is 5. The number of aliphatic hydroxyl groups excluding tert-OH is 1. The van der Waals surface area contributed by atoms with Gasteiger partial charge in [0.1, 0.15) is 40.7 Å². The number of rotatable bonds is 20.